The first-order chi connectivity index (χ1) is 8.86. The summed E-state index contributed by atoms with van der Waals surface area (Å²) in [5.41, 5.74) is 7.70. The quantitative estimate of drug-likeness (QED) is 0.868. The normalized spacial score (nSPS) is 17.9. The number of ether oxygens (including phenoxy) is 1. The lowest BCUT2D eigenvalue weighted by Gasteiger charge is -2.24. The molecular weight excluding hydrogens is 226 g/mol. The number of hydrogen-bond acceptors (Lipinski definition) is 4. The summed E-state index contributed by atoms with van der Waals surface area (Å²) in [5.74, 6) is 2.02. The number of aromatic nitrogens is 2. The third kappa shape index (κ3) is 2.07. The van der Waals surface area contributed by atoms with Crippen LogP contribution in [0, 0.1) is 0 Å². The van der Waals surface area contributed by atoms with Crippen molar-refractivity contribution < 1.29 is 4.74 Å². The fraction of sp³-hybridized carbons (Fsp3) is 0.286. The molecule has 1 aliphatic rings. The Morgan fingerprint density at radius 1 is 1.28 bits per heavy atom. The van der Waals surface area contributed by atoms with E-state index >= 15 is 0 Å². The highest BCUT2D eigenvalue weighted by atomic mass is 16.5. The molecule has 1 aromatic carbocycles. The SMILES string of the molecule is NCc1ccnc(C2COc3ccccc3C2)n1. The minimum absolute atomic E-state index is 0.214. The van der Waals surface area contributed by atoms with Gasteiger partial charge in [-0.05, 0) is 24.1 Å². The van der Waals surface area contributed by atoms with E-state index in [9.17, 15) is 0 Å². The van der Waals surface area contributed by atoms with E-state index < -0.39 is 0 Å². The first-order valence-electron chi connectivity index (χ1n) is 6.09. The third-order valence-electron chi connectivity index (χ3n) is 3.19. The van der Waals surface area contributed by atoms with Gasteiger partial charge in [-0.3, -0.25) is 0 Å². The molecule has 4 heteroatoms. The van der Waals surface area contributed by atoms with Gasteiger partial charge in [0.2, 0.25) is 0 Å². The largest absolute Gasteiger partial charge is 0.493 e. The molecule has 1 atom stereocenters. The number of para-hydroxylation sites is 1. The zero-order valence-electron chi connectivity index (χ0n) is 10.0. The predicted octanol–water partition coefficient (Wildman–Crippen LogP) is 1.65. The summed E-state index contributed by atoms with van der Waals surface area (Å²) < 4.78 is 5.75. The molecule has 3 rings (SSSR count). The molecule has 2 aromatic rings. The van der Waals surface area contributed by atoms with E-state index in [1.165, 1.54) is 5.56 Å². The number of nitrogens with zero attached hydrogens (tertiary/aromatic N) is 2. The van der Waals surface area contributed by atoms with Crippen molar-refractivity contribution in [2.75, 3.05) is 6.61 Å². The van der Waals surface area contributed by atoms with E-state index in [2.05, 4.69) is 16.0 Å². The monoisotopic (exact) mass is 241 g/mol. The highest BCUT2D eigenvalue weighted by molar-refractivity contribution is 5.36. The summed E-state index contributed by atoms with van der Waals surface area (Å²) in [6, 6.07) is 9.96. The van der Waals surface area contributed by atoms with Gasteiger partial charge in [-0.2, -0.15) is 0 Å². The van der Waals surface area contributed by atoms with Crippen molar-refractivity contribution in [3.63, 3.8) is 0 Å². The van der Waals surface area contributed by atoms with E-state index in [1.54, 1.807) is 6.20 Å². The maximum absolute atomic E-state index is 5.75. The van der Waals surface area contributed by atoms with Crippen LogP contribution in [-0.4, -0.2) is 16.6 Å². The molecule has 92 valence electrons. The van der Waals surface area contributed by atoms with Gasteiger partial charge < -0.3 is 10.5 Å². The van der Waals surface area contributed by atoms with Gasteiger partial charge in [-0.1, -0.05) is 18.2 Å². The number of rotatable bonds is 2. The molecule has 0 saturated carbocycles. The Morgan fingerprint density at radius 2 is 2.17 bits per heavy atom. The maximum Gasteiger partial charge on any atom is 0.135 e. The summed E-state index contributed by atoms with van der Waals surface area (Å²) in [6.07, 6.45) is 2.69. The summed E-state index contributed by atoms with van der Waals surface area (Å²) in [4.78, 5) is 8.81. The smallest absolute Gasteiger partial charge is 0.135 e. The standard InChI is InChI=1S/C14H15N3O/c15-8-12-5-6-16-14(17-12)11-7-10-3-1-2-4-13(10)18-9-11/h1-6,11H,7-9,15H2. The molecule has 0 fully saturated rings. The highest BCUT2D eigenvalue weighted by Gasteiger charge is 2.23. The molecule has 4 nitrogen and oxygen atoms in total. The topological polar surface area (TPSA) is 61.0 Å². The third-order valence-corrected chi connectivity index (χ3v) is 3.19. The molecule has 18 heavy (non-hydrogen) atoms. The molecule has 0 amide bonds. The van der Waals surface area contributed by atoms with Crippen LogP contribution in [0.5, 0.6) is 5.75 Å². The van der Waals surface area contributed by atoms with Crippen molar-refractivity contribution in [2.24, 2.45) is 5.73 Å². The van der Waals surface area contributed by atoms with Gasteiger partial charge in [0, 0.05) is 12.7 Å². The molecule has 1 aliphatic heterocycles. The Labute approximate surface area is 106 Å². The van der Waals surface area contributed by atoms with Crippen molar-refractivity contribution in [2.45, 2.75) is 18.9 Å². The fourth-order valence-electron chi connectivity index (χ4n) is 2.22. The van der Waals surface area contributed by atoms with Gasteiger partial charge in [0.05, 0.1) is 18.2 Å². The zero-order valence-corrected chi connectivity index (χ0v) is 10.0. The average Bonchev–Trinajstić information content (AvgIpc) is 2.47. The Morgan fingerprint density at radius 3 is 3.06 bits per heavy atom. The van der Waals surface area contributed by atoms with E-state index in [-0.39, 0.29) is 5.92 Å². The van der Waals surface area contributed by atoms with Crippen molar-refractivity contribution in [1.82, 2.24) is 9.97 Å². The number of benzene rings is 1. The van der Waals surface area contributed by atoms with Gasteiger partial charge in [-0.15, -0.1) is 0 Å². The van der Waals surface area contributed by atoms with Crippen molar-refractivity contribution >= 4 is 0 Å². The van der Waals surface area contributed by atoms with Crippen molar-refractivity contribution in [3.05, 3.63) is 53.6 Å². The lowest BCUT2D eigenvalue weighted by molar-refractivity contribution is 0.257. The highest BCUT2D eigenvalue weighted by Crippen LogP contribution is 2.30. The predicted molar refractivity (Wildman–Crippen MR) is 68.3 cm³/mol. The van der Waals surface area contributed by atoms with Crippen LogP contribution in [0.1, 0.15) is 23.0 Å². The van der Waals surface area contributed by atoms with E-state index in [4.69, 9.17) is 10.5 Å². The summed E-state index contributed by atoms with van der Waals surface area (Å²) in [7, 11) is 0. The van der Waals surface area contributed by atoms with Crippen LogP contribution in [0.15, 0.2) is 36.5 Å². The average molecular weight is 241 g/mol. The van der Waals surface area contributed by atoms with Crippen LogP contribution in [0.4, 0.5) is 0 Å². The van der Waals surface area contributed by atoms with E-state index in [1.807, 2.05) is 24.3 Å². The Balaban J connectivity index is 1.87. The number of hydrogen-bond donors (Lipinski definition) is 1. The first kappa shape index (κ1) is 11.2. The molecule has 0 spiro atoms. The number of nitrogens with two attached hydrogens (primary N) is 1. The minimum atomic E-state index is 0.214. The lowest BCUT2D eigenvalue weighted by Crippen LogP contribution is -2.21. The van der Waals surface area contributed by atoms with Crippen LogP contribution >= 0.6 is 0 Å². The molecule has 0 aliphatic carbocycles. The second-order valence-electron chi connectivity index (χ2n) is 4.43. The van der Waals surface area contributed by atoms with Crippen LogP contribution < -0.4 is 10.5 Å². The van der Waals surface area contributed by atoms with Gasteiger partial charge >= 0.3 is 0 Å². The molecule has 2 N–H and O–H groups in total. The first-order valence-corrected chi connectivity index (χ1v) is 6.09. The van der Waals surface area contributed by atoms with Crippen molar-refractivity contribution in [3.8, 4) is 5.75 Å². The van der Waals surface area contributed by atoms with Gasteiger partial charge in [0.25, 0.3) is 0 Å². The maximum atomic E-state index is 5.75. The van der Waals surface area contributed by atoms with Gasteiger partial charge in [0.15, 0.2) is 0 Å². The molecule has 1 aromatic heterocycles. The van der Waals surface area contributed by atoms with E-state index in [0.29, 0.717) is 13.2 Å². The van der Waals surface area contributed by atoms with Crippen LogP contribution in [0.2, 0.25) is 0 Å². The molecule has 1 unspecified atom stereocenters. The second kappa shape index (κ2) is 4.74. The molecule has 0 saturated heterocycles. The Bertz CT molecular complexity index is 556. The van der Waals surface area contributed by atoms with Crippen LogP contribution in [-0.2, 0) is 13.0 Å². The summed E-state index contributed by atoms with van der Waals surface area (Å²) in [6.45, 7) is 1.07. The molecular formula is C14H15N3O. The molecule has 2 heterocycles. The summed E-state index contributed by atoms with van der Waals surface area (Å²) >= 11 is 0. The minimum Gasteiger partial charge on any atom is -0.493 e. The van der Waals surface area contributed by atoms with Gasteiger partial charge in [-0.25, -0.2) is 9.97 Å². The second-order valence-corrected chi connectivity index (χ2v) is 4.43. The lowest BCUT2D eigenvalue weighted by atomic mass is 9.96. The van der Waals surface area contributed by atoms with E-state index in [0.717, 1.165) is 23.7 Å². The molecule has 0 radical (unpaired) electrons. The van der Waals surface area contributed by atoms with Crippen LogP contribution in [0.25, 0.3) is 0 Å². The fourth-order valence-corrected chi connectivity index (χ4v) is 2.22. The van der Waals surface area contributed by atoms with Gasteiger partial charge in [0.1, 0.15) is 11.6 Å². The number of fused-ring (bicyclic) bond motifs is 1. The summed E-state index contributed by atoms with van der Waals surface area (Å²) in [5, 5.41) is 0. The van der Waals surface area contributed by atoms with Crippen molar-refractivity contribution in [1.29, 1.82) is 0 Å². The molecule has 0 bridgehead atoms. The van der Waals surface area contributed by atoms with Crippen LogP contribution in [0.3, 0.4) is 0 Å². The zero-order chi connectivity index (χ0) is 12.4. The Kier molecular flexibility index (Phi) is 2.94. The Hall–Kier alpha value is -1.94.